The Balaban J connectivity index is 2.06. The van der Waals surface area contributed by atoms with E-state index in [1.54, 1.807) is 0 Å². The molecule has 0 N–H and O–H groups in total. The van der Waals surface area contributed by atoms with Gasteiger partial charge < -0.3 is 0 Å². The molecular weight excluding hydrogens is 327 g/mol. The number of allylic oxidation sites excluding steroid dienone is 1. The third-order valence-electron chi connectivity index (χ3n) is 3.62. The summed E-state index contributed by atoms with van der Waals surface area (Å²) in [5.41, 5.74) is 1.25. The van der Waals surface area contributed by atoms with Crippen molar-refractivity contribution in [1.82, 2.24) is 9.21 Å². The maximum Gasteiger partial charge on any atom is 0.243 e. The smallest absolute Gasteiger partial charge is 0.243 e. The highest BCUT2D eigenvalue weighted by atomic mass is 35.5. The number of nitrogens with zero attached hydrogens (tertiary/aromatic N) is 2. The average molecular weight is 347 g/mol. The molecule has 22 heavy (non-hydrogen) atoms. The molecule has 7 heteroatoms. The van der Waals surface area contributed by atoms with Crippen LogP contribution in [0.4, 0.5) is 4.39 Å². The molecule has 1 heterocycles. The van der Waals surface area contributed by atoms with Gasteiger partial charge in [0.05, 0.1) is 9.92 Å². The monoisotopic (exact) mass is 346 g/mol. The number of halogens is 2. The minimum atomic E-state index is -3.62. The molecule has 0 unspecified atom stereocenters. The van der Waals surface area contributed by atoms with E-state index >= 15 is 0 Å². The van der Waals surface area contributed by atoms with Gasteiger partial charge in [-0.05, 0) is 32.0 Å². The van der Waals surface area contributed by atoms with Crippen molar-refractivity contribution < 1.29 is 12.8 Å². The second kappa shape index (κ2) is 7.08. The molecule has 4 nitrogen and oxygen atoms in total. The van der Waals surface area contributed by atoms with E-state index in [0.29, 0.717) is 26.2 Å². The molecule has 0 spiro atoms. The third kappa shape index (κ3) is 4.07. The Morgan fingerprint density at radius 2 is 1.91 bits per heavy atom. The molecule has 0 radical (unpaired) electrons. The molecule has 0 atom stereocenters. The summed E-state index contributed by atoms with van der Waals surface area (Å²) in [5.74, 6) is -0.618. The van der Waals surface area contributed by atoms with E-state index in [-0.39, 0.29) is 9.92 Å². The second-order valence-corrected chi connectivity index (χ2v) is 7.91. The van der Waals surface area contributed by atoms with E-state index in [1.807, 2.05) is 13.8 Å². The maximum atomic E-state index is 13.2. The molecule has 1 aromatic carbocycles. The van der Waals surface area contributed by atoms with Gasteiger partial charge in [-0.15, -0.1) is 0 Å². The molecule has 122 valence electrons. The molecular formula is C15H20ClFN2O2S. The summed E-state index contributed by atoms with van der Waals surface area (Å²) in [6.45, 7) is 7.12. The van der Waals surface area contributed by atoms with Gasteiger partial charge >= 0.3 is 0 Å². The van der Waals surface area contributed by atoms with Gasteiger partial charge in [-0.3, -0.25) is 4.90 Å². The Hall–Kier alpha value is -0.950. The van der Waals surface area contributed by atoms with Gasteiger partial charge in [-0.2, -0.15) is 4.31 Å². The van der Waals surface area contributed by atoms with E-state index in [2.05, 4.69) is 11.0 Å². The maximum absolute atomic E-state index is 13.2. The van der Waals surface area contributed by atoms with Crippen LogP contribution in [0, 0.1) is 5.82 Å². The second-order valence-electron chi connectivity index (χ2n) is 5.56. The topological polar surface area (TPSA) is 40.6 Å². The minimum absolute atomic E-state index is 0.0386. The van der Waals surface area contributed by atoms with Crippen LogP contribution in [0.5, 0.6) is 0 Å². The molecule has 1 saturated heterocycles. The number of piperazine rings is 1. The quantitative estimate of drug-likeness (QED) is 0.787. The van der Waals surface area contributed by atoms with Crippen LogP contribution in [-0.4, -0.2) is 50.3 Å². The molecule has 0 aliphatic carbocycles. The fourth-order valence-electron chi connectivity index (χ4n) is 2.25. The normalized spacial score (nSPS) is 17.5. The first kappa shape index (κ1) is 17.4. The lowest BCUT2D eigenvalue weighted by Crippen LogP contribution is -2.48. The van der Waals surface area contributed by atoms with Crippen LogP contribution >= 0.6 is 11.6 Å². The van der Waals surface area contributed by atoms with Crippen molar-refractivity contribution in [3.8, 4) is 0 Å². The van der Waals surface area contributed by atoms with Crippen molar-refractivity contribution in [1.29, 1.82) is 0 Å². The summed E-state index contributed by atoms with van der Waals surface area (Å²) < 4.78 is 39.7. The zero-order valence-corrected chi connectivity index (χ0v) is 14.3. The van der Waals surface area contributed by atoms with Gasteiger partial charge in [0.1, 0.15) is 5.82 Å². The molecule has 0 amide bonds. The molecule has 1 fully saturated rings. The Bertz CT molecular complexity index is 664. The van der Waals surface area contributed by atoms with E-state index < -0.39 is 15.8 Å². The van der Waals surface area contributed by atoms with Gasteiger partial charge in [0.2, 0.25) is 10.0 Å². The van der Waals surface area contributed by atoms with Crippen molar-refractivity contribution in [3.63, 3.8) is 0 Å². The van der Waals surface area contributed by atoms with E-state index in [9.17, 15) is 12.8 Å². The zero-order valence-electron chi connectivity index (χ0n) is 12.7. The summed E-state index contributed by atoms with van der Waals surface area (Å²) >= 11 is 5.68. The number of sulfonamides is 1. The standard InChI is InChI=1S/C15H20ClFN2O2S/c1-12(2)5-6-18-7-9-19(10-8-18)22(20,21)13-3-4-15(17)14(16)11-13/h3-5,11H,6-10H2,1-2H3. The molecule has 2 rings (SSSR count). The molecule has 0 saturated carbocycles. The van der Waals surface area contributed by atoms with E-state index in [4.69, 9.17) is 11.6 Å². The number of hydrogen-bond donors (Lipinski definition) is 0. The summed E-state index contributed by atoms with van der Waals surface area (Å²) in [4.78, 5) is 2.24. The molecule has 1 aliphatic heterocycles. The summed E-state index contributed by atoms with van der Waals surface area (Å²) in [7, 11) is -3.62. The first-order valence-electron chi connectivity index (χ1n) is 7.11. The Morgan fingerprint density at radius 1 is 1.27 bits per heavy atom. The average Bonchev–Trinajstić information content (AvgIpc) is 2.48. The van der Waals surface area contributed by atoms with Crippen molar-refractivity contribution in [2.75, 3.05) is 32.7 Å². The number of rotatable bonds is 4. The summed E-state index contributed by atoms with van der Waals surface area (Å²) in [5, 5.41) is -0.178. The third-order valence-corrected chi connectivity index (χ3v) is 5.80. The first-order valence-corrected chi connectivity index (χ1v) is 8.93. The predicted molar refractivity (Wildman–Crippen MR) is 86.0 cm³/mol. The van der Waals surface area contributed by atoms with E-state index in [1.165, 1.54) is 22.0 Å². The van der Waals surface area contributed by atoms with Crippen LogP contribution in [0.15, 0.2) is 34.7 Å². The lowest BCUT2D eigenvalue weighted by atomic mass is 10.3. The Morgan fingerprint density at radius 3 is 2.45 bits per heavy atom. The molecule has 0 aromatic heterocycles. The Kier molecular flexibility index (Phi) is 5.60. The highest BCUT2D eigenvalue weighted by Crippen LogP contribution is 2.23. The summed E-state index contributed by atoms with van der Waals surface area (Å²) in [6, 6.07) is 3.51. The van der Waals surface area contributed by atoms with Crippen LogP contribution < -0.4 is 0 Å². The van der Waals surface area contributed by atoms with Gasteiger partial charge in [-0.25, -0.2) is 12.8 Å². The van der Waals surface area contributed by atoms with Crippen LogP contribution in [-0.2, 0) is 10.0 Å². The number of hydrogen-bond acceptors (Lipinski definition) is 3. The van der Waals surface area contributed by atoms with Crippen LogP contribution in [0.1, 0.15) is 13.8 Å². The highest BCUT2D eigenvalue weighted by molar-refractivity contribution is 7.89. The fourth-order valence-corrected chi connectivity index (χ4v) is 3.94. The minimum Gasteiger partial charge on any atom is -0.297 e. The van der Waals surface area contributed by atoms with Crippen molar-refractivity contribution >= 4 is 21.6 Å². The highest BCUT2D eigenvalue weighted by Gasteiger charge is 2.28. The van der Waals surface area contributed by atoms with Crippen LogP contribution in [0.2, 0.25) is 5.02 Å². The van der Waals surface area contributed by atoms with Crippen molar-refractivity contribution in [2.24, 2.45) is 0 Å². The van der Waals surface area contributed by atoms with Crippen molar-refractivity contribution in [2.45, 2.75) is 18.7 Å². The SMILES string of the molecule is CC(C)=CCN1CCN(S(=O)(=O)c2ccc(F)c(Cl)c2)CC1. The Labute approximate surface area is 136 Å². The van der Waals surface area contributed by atoms with Crippen LogP contribution in [0.25, 0.3) is 0 Å². The van der Waals surface area contributed by atoms with Gasteiger partial charge in [0.25, 0.3) is 0 Å². The van der Waals surface area contributed by atoms with Crippen molar-refractivity contribution in [3.05, 3.63) is 40.7 Å². The van der Waals surface area contributed by atoms with Gasteiger partial charge in [0.15, 0.2) is 0 Å². The zero-order chi connectivity index (χ0) is 16.3. The van der Waals surface area contributed by atoms with E-state index in [0.717, 1.165) is 12.6 Å². The van der Waals surface area contributed by atoms with Crippen LogP contribution in [0.3, 0.4) is 0 Å². The van der Waals surface area contributed by atoms with Gasteiger partial charge in [-0.1, -0.05) is 23.3 Å². The van der Waals surface area contributed by atoms with Gasteiger partial charge in [0, 0.05) is 32.7 Å². The molecule has 0 bridgehead atoms. The largest absolute Gasteiger partial charge is 0.297 e. The lowest BCUT2D eigenvalue weighted by molar-refractivity contribution is 0.204. The molecule has 1 aliphatic rings. The first-order chi connectivity index (χ1) is 10.3. The predicted octanol–water partition coefficient (Wildman–Crippen LogP) is 2.75. The fraction of sp³-hybridized carbons (Fsp3) is 0.467. The molecule has 1 aromatic rings. The number of benzene rings is 1. The summed E-state index contributed by atoms with van der Waals surface area (Å²) in [6.07, 6.45) is 2.13. The lowest BCUT2D eigenvalue weighted by Gasteiger charge is -2.33.